The predicted molar refractivity (Wildman–Crippen MR) is 153 cm³/mol. The molecule has 1 aromatic rings. The highest BCUT2D eigenvalue weighted by Gasteiger charge is 2.56. The van der Waals surface area contributed by atoms with Gasteiger partial charge in [-0.05, 0) is 19.9 Å². The van der Waals surface area contributed by atoms with Crippen LogP contribution in [0.15, 0.2) is 17.1 Å². The minimum absolute atomic E-state index is 0.0596. The van der Waals surface area contributed by atoms with Crippen molar-refractivity contribution in [2.75, 3.05) is 19.8 Å². The fourth-order valence-electron chi connectivity index (χ4n) is 5.80. The van der Waals surface area contributed by atoms with Gasteiger partial charge in [0.25, 0.3) is 0 Å². The number of nitrogens with one attached hydrogen (secondary N) is 1. The van der Waals surface area contributed by atoms with E-state index in [1.807, 2.05) is 6.07 Å². The van der Waals surface area contributed by atoms with Crippen LogP contribution >= 0.6 is 7.82 Å². The molecule has 256 valence electrons. The molecule has 0 spiro atoms. The number of carbonyl (C=O) groups is 4. The Kier molecular flexibility index (Phi) is 10.2. The number of nitrogens with zero attached hydrogens (tertiary/aromatic N) is 4. The summed E-state index contributed by atoms with van der Waals surface area (Å²) < 4.78 is 49.4. The summed E-state index contributed by atoms with van der Waals surface area (Å²) >= 11 is 0. The van der Waals surface area contributed by atoms with Gasteiger partial charge in [0.1, 0.15) is 54.2 Å². The van der Waals surface area contributed by atoms with Gasteiger partial charge in [-0.3, -0.25) is 37.9 Å². The number of ether oxygens (including phenoxy) is 3. The Morgan fingerprint density at radius 2 is 2.00 bits per heavy atom. The number of hydrogen-bond donors (Lipinski definition) is 3. The first-order valence-electron chi connectivity index (χ1n) is 14.8. The molecule has 0 saturated carbocycles. The van der Waals surface area contributed by atoms with Crippen LogP contribution < -0.4 is 16.7 Å². The Labute approximate surface area is 267 Å². The summed E-state index contributed by atoms with van der Waals surface area (Å²) in [5, 5.41) is 21.3. The number of hydrogen-bond acceptors (Lipinski definition) is 16. The topological polar surface area (TPSA) is 261 Å². The van der Waals surface area contributed by atoms with Crippen LogP contribution in [0, 0.1) is 11.3 Å². The number of nitrogens with two attached hydrogens (primary N) is 1. The van der Waals surface area contributed by atoms with Gasteiger partial charge in [0.05, 0.1) is 44.4 Å². The molecule has 19 nitrogen and oxygen atoms in total. The van der Waals surface area contributed by atoms with Crippen LogP contribution in [0.4, 0.5) is 4.79 Å². The van der Waals surface area contributed by atoms with Gasteiger partial charge in [-0.2, -0.15) is 10.2 Å². The largest absolute Gasteiger partial charge is 0.475 e. The SMILES string of the molecule is CC(=O)CCC(=O)O[C@H]1C[C@H]2O[C@@H]1COP(=O)(OCCC#N)O[C@H]1C[C@@H](O[C@@H]1CO)N1C(=O)NC(=O)[C@](C)(N)[C@@H]1c1ccn2c(=O)n1. The lowest BCUT2D eigenvalue weighted by Gasteiger charge is -2.46. The lowest BCUT2D eigenvalue weighted by molar-refractivity contribution is -0.153. The van der Waals surface area contributed by atoms with E-state index in [0.717, 1.165) is 9.47 Å². The van der Waals surface area contributed by atoms with Crippen molar-refractivity contribution in [1.29, 1.82) is 5.26 Å². The molecule has 1 unspecified atom stereocenters. The first kappa shape index (κ1) is 34.7. The van der Waals surface area contributed by atoms with Gasteiger partial charge in [-0.15, -0.1) is 0 Å². The molecule has 0 aromatic carbocycles. The van der Waals surface area contributed by atoms with Crippen LogP contribution in [0.5, 0.6) is 0 Å². The number of amides is 3. The van der Waals surface area contributed by atoms with Crippen molar-refractivity contribution in [2.45, 2.75) is 94.4 Å². The van der Waals surface area contributed by atoms with Gasteiger partial charge < -0.3 is 29.8 Å². The lowest BCUT2D eigenvalue weighted by atomic mass is 9.86. The summed E-state index contributed by atoms with van der Waals surface area (Å²) in [5.74, 6) is -1.80. The third kappa shape index (κ3) is 7.29. The molecule has 5 aliphatic rings. The molecule has 1 aromatic heterocycles. The third-order valence-electron chi connectivity index (χ3n) is 8.17. The minimum atomic E-state index is -4.59. The van der Waals surface area contributed by atoms with Crippen LogP contribution in [0.2, 0.25) is 0 Å². The molecule has 47 heavy (non-hydrogen) atoms. The summed E-state index contributed by atoms with van der Waals surface area (Å²) in [6, 6.07) is 0.935. The lowest BCUT2D eigenvalue weighted by Crippen LogP contribution is -2.70. The summed E-state index contributed by atoms with van der Waals surface area (Å²) in [6.45, 7) is 1.08. The molecule has 3 amide bonds. The number of urea groups is 1. The molecule has 6 heterocycles. The first-order chi connectivity index (χ1) is 22.3. The van der Waals surface area contributed by atoms with Crippen LogP contribution in [-0.2, 0) is 46.7 Å². The quantitative estimate of drug-likeness (QED) is 0.180. The Hall–Kier alpha value is -3.60. The number of aliphatic hydroxyl groups is 1. The highest BCUT2D eigenvalue weighted by atomic mass is 31.2. The normalized spacial score (nSPS) is 35.2. The Morgan fingerprint density at radius 1 is 1.23 bits per heavy atom. The van der Waals surface area contributed by atoms with Crippen LogP contribution in [0.3, 0.4) is 0 Å². The second-order valence-electron chi connectivity index (χ2n) is 11.7. The van der Waals surface area contributed by atoms with Gasteiger partial charge >= 0.3 is 25.5 Å². The van der Waals surface area contributed by atoms with Crippen molar-refractivity contribution < 1.29 is 56.6 Å². The molecule has 5 aliphatic heterocycles. The fourth-order valence-corrected chi connectivity index (χ4v) is 7.19. The number of ketones is 1. The van der Waals surface area contributed by atoms with Crippen molar-refractivity contribution in [1.82, 2.24) is 19.8 Å². The molecule has 3 fully saturated rings. The van der Waals surface area contributed by atoms with Crippen LogP contribution in [-0.4, -0.2) is 99.3 Å². The summed E-state index contributed by atoms with van der Waals surface area (Å²) in [6.07, 6.45) is -6.37. The van der Waals surface area contributed by atoms with Crippen LogP contribution in [0.1, 0.15) is 63.9 Å². The maximum absolute atomic E-state index is 14.0. The van der Waals surface area contributed by atoms with E-state index < -0.39 is 93.1 Å². The number of phosphoric ester groups is 1. The highest BCUT2D eigenvalue weighted by molar-refractivity contribution is 7.48. The summed E-state index contributed by atoms with van der Waals surface area (Å²) in [7, 11) is -4.59. The smallest absolute Gasteiger partial charge is 0.459 e. The van der Waals surface area contributed by atoms with Gasteiger partial charge in [0.2, 0.25) is 5.91 Å². The number of phosphoric acid groups is 1. The highest BCUT2D eigenvalue weighted by Crippen LogP contribution is 2.54. The number of aromatic nitrogens is 2. The second kappa shape index (κ2) is 13.9. The molecule has 0 radical (unpaired) electrons. The van der Waals surface area contributed by atoms with E-state index in [1.54, 1.807) is 0 Å². The van der Waals surface area contributed by atoms with Crippen molar-refractivity contribution >= 4 is 31.5 Å². The monoisotopic (exact) mass is 682 g/mol. The number of nitriles is 1. The van der Waals surface area contributed by atoms with Crippen molar-refractivity contribution in [2.24, 2.45) is 5.73 Å². The number of aliphatic hydroxyl groups excluding tert-OH is 1. The first-order valence-corrected chi connectivity index (χ1v) is 16.3. The number of Topliss-reactive ketones (excluding diaryl/α,β-unsaturated/α-hetero) is 1. The molecule has 3 saturated heterocycles. The minimum Gasteiger partial charge on any atom is -0.459 e. The Balaban J connectivity index is 1.57. The average molecular weight is 683 g/mol. The zero-order chi connectivity index (χ0) is 34.1. The van der Waals surface area contributed by atoms with E-state index in [1.165, 1.54) is 26.1 Å². The molecule has 9 atom stereocenters. The third-order valence-corrected chi connectivity index (χ3v) is 9.67. The number of carbonyl (C=O) groups excluding carboxylic acids is 4. The zero-order valence-corrected chi connectivity index (χ0v) is 26.4. The average Bonchev–Trinajstić information content (AvgIpc) is 3.59. The fraction of sp³-hybridized carbons (Fsp3) is 0.667. The molecule has 6 bridgehead atoms. The number of esters is 1. The second-order valence-corrected chi connectivity index (χ2v) is 13.3. The van der Waals surface area contributed by atoms with Crippen LogP contribution in [0.25, 0.3) is 0 Å². The number of rotatable bonds is 8. The van der Waals surface area contributed by atoms with Gasteiger partial charge in [-0.25, -0.2) is 14.2 Å². The van der Waals surface area contributed by atoms with Gasteiger partial charge in [0, 0.05) is 25.5 Å². The summed E-state index contributed by atoms with van der Waals surface area (Å²) in [4.78, 5) is 68.8. The maximum Gasteiger partial charge on any atom is 0.475 e. The molecule has 6 rings (SSSR count). The molecular formula is C27H35N6O13P. The van der Waals surface area contributed by atoms with Crippen molar-refractivity contribution in [3.8, 4) is 6.07 Å². The van der Waals surface area contributed by atoms with E-state index in [4.69, 9.17) is 38.8 Å². The summed E-state index contributed by atoms with van der Waals surface area (Å²) in [5.41, 5.74) is 3.68. The van der Waals surface area contributed by atoms with Crippen molar-refractivity contribution in [3.63, 3.8) is 0 Å². The predicted octanol–water partition coefficient (Wildman–Crippen LogP) is -0.317. The zero-order valence-electron chi connectivity index (χ0n) is 25.5. The molecule has 0 aliphatic carbocycles. The Bertz CT molecular complexity index is 1560. The molecular weight excluding hydrogens is 647 g/mol. The van der Waals surface area contributed by atoms with E-state index in [2.05, 4.69) is 10.3 Å². The molecule has 20 heteroatoms. The Morgan fingerprint density at radius 3 is 2.68 bits per heavy atom. The van der Waals surface area contributed by atoms with E-state index in [-0.39, 0.29) is 50.2 Å². The van der Waals surface area contributed by atoms with Gasteiger partial charge in [0.15, 0.2) is 0 Å². The molecule has 4 N–H and O–H groups in total. The van der Waals surface area contributed by atoms with E-state index in [9.17, 15) is 33.6 Å². The van der Waals surface area contributed by atoms with E-state index >= 15 is 0 Å². The number of fused-ring (bicyclic) bond motifs is 5. The maximum atomic E-state index is 14.0. The number of imide groups is 1. The standard InChI is InChI=1S/C27H35N6O13P/c1-14(35)4-5-22(36)45-16-10-20-32-8-6-15(30-25(32)38)23-27(2,29)24(37)31-26(39)33(23)21-11-17(18(12-34)43-21)46-47(40,41-9-3-7-28)42-13-19(16)44-20/h6,8,16-21,23,34H,3-5,9-13,29H2,1-2H3,(H,31,37,39)/t16-,17-,18+,19+,20+,21+,23-,27+,47?/m0/s1. The van der Waals surface area contributed by atoms with E-state index in [0.29, 0.717) is 0 Å². The van der Waals surface area contributed by atoms with Gasteiger partial charge in [-0.1, -0.05) is 0 Å². The van der Waals surface area contributed by atoms with Crippen molar-refractivity contribution in [3.05, 3.63) is 28.4 Å².